The molecule has 2 aromatic carbocycles. The molecule has 3 aromatic rings. The average molecular weight is 466 g/mol. The van der Waals surface area contributed by atoms with Crippen LogP contribution in [0.4, 0.5) is 4.39 Å². The lowest BCUT2D eigenvalue weighted by Crippen LogP contribution is -2.29. The summed E-state index contributed by atoms with van der Waals surface area (Å²) in [6.45, 7) is 11.3. The zero-order valence-corrected chi connectivity index (χ0v) is 21.9. The quantitative estimate of drug-likeness (QED) is 0.366. The molecule has 3 atom stereocenters. The number of hydrogen-bond acceptors (Lipinski definition) is 2. The van der Waals surface area contributed by atoms with Crippen molar-refractivity contribution in [2.75, 3.05) is 6.54 Å². The van der Waals surface area contributed by atoms with Gasteiger partial charge in [-0.15, -0.1) is 9.24 Å². The van der Waals surface area contributed by atoms with E-state index < -0.39 is 0 Å². The molecule has 0 saturated heterocycles. The summed E-state index contributed by atoms with van der Waals surface area (Å²) in [5.41, 5.74) is 4.18. The highest BCUT2D eigenvalue weighted by atomic mass is 31.0. The molecule has 0 saturated carbocycles. The average Bonchev–Trinajstić information content (AvgIpc) is 3.55. The molecule has 33 heavy (non-hydrogen) atoms. The van der Waals surface area contributed by atoms with E-state index >= 15 is 0 Å². The van der Waals surface area contributed by atoms with Crippen LogP contribution in [0.2, 0.25) is 0 Å². The summed E-state index contributed by atoms with van der Waals surface area (Å²) in [6.07, 6.45) is 6.25. The molecule has 4 rings (SSSR count). The number of hydrogen-bond donors (Lipinski definition) is 0. The van der Waals surface area contributed by atoms with Crippen LogP contribution in [0.1, 0.15) is 58.1 Å². The molecule has 3 nitrogen and oxygen atoms in total. The summed E-state index contributed by atoms with van der Waals surface area (Å²) >= 11 is 0. The van der Waals surface area contributed by atoms with Gasteiger partial charge in [-0.25, -0.2) is 9.38 Å². The van der Waals surface area contributed by atoms with Crippen molar-refractivity contribution in [1.29, 1.82) is 0 Å². The SMILES string of the molecule is C1=NC=NC1.CC.CC[C@](C)(c1ccc(P)cc1F)[C@@H](C)c1ccc(-c2cccn2C)cc1. The minimum Gasteiger partial charge on any atom is -0.351 e. The summed E-state index contributed by atoms with van der Waals surface area (Å²) in [6, 6.07) is 18.4. The van der Waals surface area contributed by atoms with Gasteiger partial charge in [0.1, 0.15) is 12.2 Å². The molecule has 0 fully saturated rings. The molecule has 0 aliphatic carbocycles. The van der Waals surface area contributed by atoms with Crippen molar-refractivity contribution in [1.82, 2.24) is 4.57 Å². The number of benzene rings is 2. The van der Waals surface area contributed by atoms with Gasteiger partial charge in [-0.3, -0.25) is 4.99 Å². The molecular formula is C28H37FN3P. The van der Waals surface area contributed by atoms with Gasteiger partial charge >= 0.3 is 0 Å². The van der Waals surface area contributed by atoms with E-state index in [1.807, 2.05) is 26.0 Å². The van der Waals surface area contributed by atoms with Crippen molar-refractivity contribution in [2.45, 2.75) is 52.4 Å². The normalized spacial score (nSPS) is 14.5. The summed E-state index contributed by atoms with van der Waals surface area (Å²) in [7, 11) is 4.62. The van der Waals surface area contributed by atoms with Crippen LogP contribution < -0.4 is 5.30 Å². The fraction of sp³-hybridized carbons (Fsp3) is 0.357. The molecule has 0 spiro atoms. The first-order chi connectivity index (χ1) is 15.9. The van der Waals surface area contributed by atoms with Crippen LogP contribution in [-0.2, 0) is 12.5 Å². The number of rotatable bonds is 5. The van der Waals surface area contributed by atoms with Gasteiger partial charge in [-0.05, 0) is 52.5 Å². The van der Waals surface area contributed by atoms with Crippen molar-refractivity contribution in [2.24, 2.45) is 17.0 Å². The van der Waals surface area contributed by atoms with Gasteiger partial charge in [-0.1, -0.05) is 71.0 Å². The maximum absolute atomic E-state index is 14.7. The molecule has 0 amide bonds. The van der Waals surface area contributed by atoms with Gasteiger partial charge in [0.15, 0.2) is 0 Å². The number of nitrogens with zero attached hydrogens (tertiary/aromatic N) is 3. The van der Waals surface area contributed by atoms with Crippen LogP contribution >= 0.6 is 9.24 Å². The van der Waals surface area contributed by atoms with Gasteiger partial charge in [0, 0.05) is 30.6 Å². The molecule has 2 heterocycles. The van der Waals surface area contributed by atoms with Crippen molar-refractivity contribution in [3.63, 3.8) is 0 Å². The number of halogens is 1. The zero-order valence-electron chi connectivity index (χ0n) is 20.7. The maximum atomic E-state index is 14.7. The second kappa shape index (κ2) is 12.6. The van der Waals surface area contributed by atoms with Gasteiger partial charge in [0.2, 0.25) is 0 Å². The number of aromatic nitrogens is 1. The first-order valence-electron chi connectivity index (χ1n) is 11.6. The van der Waals surface area contributed by atoms with Crippen molar-refractivity contribution in [3.05, 3.63) is 77.7 Å². The van der Waals surface area contributed by atoms with Crippen LogP contribution in [0.5, 0.6) is 0 Å². The molecule has 1 aliphatic heterocycles. The van der Waals surface area contributed by atoms with Gasteiger partial charge in [0.25, 0.3) is 0 Å². The number of aryl methyl sites for hydroxylation is 1. The highest BCUT2D eigenvalue weighted by Crippen LogP contribution is 2.42. The van der Waals surface area contributed by atoms with E-state index in [1.54, 1.807) is 18.6 Å². The third-order valence-electron chi connectivity index (χ3n) is 6.39. The van der Waals surface area contributed by atoms with Crippen LogP contribution in [0.25, 0.3) is 11.3 Å². The molecule has 0 radical (unpaired) electrons. The largest absolute Gasteiger partial charge is 0.351 e. The van der Waals surface area contributed by atoms with Crippen molar-refractivity contribution < 1.29 is 4.39 Å². The minimum atomic E-state index is -0.255. The molecule has 5 heteroatoms. The van der Waals surface area contributed by atoms with Crippen LogP contribution in [0, 0.1) is 5.82 Å². The Kier molecular flexibility index (Phi) is 10.2. The first-order valence-corrected chi connectivity index (χ1v) is 12.2. The van der Waals surface area contributed by atoms with E-state index in [0.717, 1.165) is 23.8 Å². The van der Waals surface area contributed by atoms with Crippen LogP contribution in [0.3, 0.4) is 0 Å². The van der Waals surface area contributed by atoms with E-state index in [0.29, 0.717) is 0 Å². The molecule has 0 N–H and O–H groups in total. The first kappa shape index (κ1) is 26.7. The Hall–Kier alpha value is -2.58. The second-order valence-electron chi connectivity index (χ2n) is 8.17. The maximum Gasteiger partial charge on any atom is 0.127 e. The van der Waals surface area contributed by atoms with Gasteiger partial charge in [-0.2, -0.15) is 0 Å². The number of aliphatic imine (C=N–C) groups is 2. The standard InChI is InChI=1S/C23H27FNP.C3H4N2.C2H6/c1-5-23(3,20-13-12-19(26)15-21(20)24)16(2)17-8-10-18(11-9-17)22-7-6-14-25(22)4;1-2-5-3-4-1;1-2/h6-16H,5,26H2,1-4H3;1,3H,2H2;1-2H3/t16-,23-;;/m0../s1. The summed E-state index contributed by atoms with van der Waals surface area (Å²) in [4.78, 5) is 7.40. The Bertz CT molecular complexity index is 1060. The topological polar surface area (TPSA) is 29.6 Å². The Balaban J connectivity index is 0.000000477. The predicted molar refractivity (Wildman–Crippen MR) is 146 cm³/mol. The molecule has 1 aromatic heterocycles. The molecule has 0 bridgehead atoms. The molecule has 176 valence electrons. The lowest BCUT2D eigenvalue weighted by atomic mass is 9.68. The highest BCUT2D eigenvalue weighted by Gasteiger charge is 2.34. The lowest BCUT2D eigenvalue weighted by molar-refractivity contribution is 0.365. The zero-order chi connectivity index (χ0) is 24.4. The van der Waals surface area contributed by atoms with E-state index in [9.17, 15) is 4.39 Å². The fourth-order valence-electron chi connectivity index (χ4n) is 4.03. The predicted octanol–water partition coefficient (Wildman–Crippen LogP) is 6.93. The Morgan fingerprint density at radius 3 is 2.27 bits per heavy atom. The second-order valence-corrected chi connectivity index (χ2v) is 8.84. The minimum absolute atomic E-state index is 0.117. The Morgan fingerprint density at radius 2 is 1.82 bits per heavy atom. The van der Waals surface area contributed by atoms with Crippen LogP contribution in [-0.4, -0.2) is 23.7 Å². The van der Waals surface area contributed by atoms with Crippen molar-refractivity contribution in [3.8, 4) is 11.3 Å². The van der Waals surface area contributed by atoms with E-state index in [1.165, 1.54) is 16.8 Å². The fourth-order valence-corrected chi connectivity index (χ4v) is 4.27. The summed E-state index contributed by atoms with van der Waals surface area (Å²) in [5.74, 6) is 0.0916. The molecule has 1 unspecified atom stereocenters. The van der Waals surface area contributed by atoms with E-state index in [-0.39, 0.29) is 17.2 Å². The third kappa shape index (κ3) is 6.48. The molecular weight excluding hydrogens is 428 g/mol. The smallest absolute Gasteiger partial charge is 0.127 e. The third-order valence-corrected chi connectivity index (χ3v) is 6.75. The van der Waals surface area contributed by atoms with Crippen LogP contribution in [0.15, 0.2) is 70.8 Å². The van der Waals surface area contributed by atoms with Gasteiger partial charge < -0.3 is 4.57 Å². The summed E-state index contributed by atoms with van der Waals surface area (Å²) < 4.78 is 16.8. The lowest BCUT2D eigenvalue weighted by Gasteiger charge is -2.36. The van der Waals surface area contributed by atoms with E-state index in [4.69, 9.17) is 0 Å². The Labute approximate surface area is 201 Å². The van der Waals surface area contributed by atoms with Crippen molar-refractivity contribution >= 4 is 27.1 Å². The monoisotopic (exact) mass is 465 g/mol. The Morgan fingerprint density at radius 1 is 1.12 bits per heavy atom. The van der Waals surface area contributed by atoms with E-state index in [2.05, 4.69) is 94.2 Å². The van der Waals surface area contributed by atoms with Gasteiger partial charge in [0.05, 0.1) is 6.54 Å². The molecule has 1 aliphatic rings. The highest BCUT2D eigenvalue weighted by molar-refractivity contribution is 7.27. The summed E-state index contributed by atoms with van der Waals surface area (Å²) in [5, 5.41) is 0.879.